The smallest absolute Gasteiger partial charge is 0.195 e. The van der Waals surface area contributed by atoms with E-state index in [9.17, 15) is 4.79 Å². The second-order valence-corrected chi connectivity index (χ2v) is 4.82. The summed E-state index contributed by atoms with van der Waals surface area (Å²) in [6.45, 7) is 2.43. The predicted molar refractivity (Wildman–Crippen MR) is 68.4 cm³/mol. The van der Waals surface area contributed by atoms with Crippen molar-refractivity contribution in [1.29, 1.82) is 0 Å². The van der Waals surface area contributed by atoms with E-state index in [1.165, 1.54) is 6.26 Å². The van der Waals surface area contributed by atoms with E-state index in [0.29, 0.717) is 29.9 Å². The fraction of sp³-hybridized carbons (Fsp3) is 0.308. The Morgan fingerprint density at radius 2 is 2.24 bits per heavy atom. The molecule has 1 aliphatic heterocycles. The molecule has 1 aromatic carbocycles. The molecular weight excluding hydrogens is 284 g/mol. The summed E-state index contributed by atoms with van der Waals surface area (Å²) < 4.78 is 11.5. The molecule has 0 radical (unpaired) electrons. The Bertz CT molecular complexity index is 492. The van der Waals surface area contributed by atoms with Crippen LogP contribution in [0.4, 0.5) is 0 Å². The van der Waals surface area contributed by atoms with E-state index in [4.69, 9.17) is 9.47 Å². The maximum absolute atomic E-state index is 12.3. The van der Waals surface area contributed by atoms with Crippen LogP contribution < -0.4 is 4.74 Å². The normalized spacial score (nSPS) is 17.4. The Balaban J connectivity index is 2.55. The molecule has 0 aromatic heterocycles. The SMILES string of the molecule is CO/C=C1/CCOc2c(C)cc(Br)cc2C1=O. The molecule has 1 aromatic rings. The number of hydrogen-bond acceptors (Lipinski definition) is 3. The maximum atomic E-state index is 12.3. The first-order valence-electron chi connectivity index (χ1n) is 5.33. The van der Waals surface area contributed by atoms with Crippen molar-refractivity contribution in [3.63, 3.8) is 0 Å². The number of aryl methyl sites for hydroxylation is 1. The highest BCUT2D eigenvalue weighted by atomic mass is 79.9. The number of methoxy groups -OCH3 is 1. The van der Waals surface area contributed by atoms with Gasteiger partial charge in [0.2, 0.25) is 0 Å². The molecular formula is C13H13BrO3. The molecule has 0 atom stereocenters. The van der Waals surface area contributed by atoms with E-state index in [2.05, 4.69) is 15.9 Å². The molecule has 1 aliphatic rings. The first kappa shape index (κ1) is 12.2. The number of hydrogen-bond donors (Lipinski definition) is 0. The quantitative estimate of drug-likeness (QED) is 0.589. The standard InChI is InChI=1S/C13H13BrO3/c1-8-5-10(14)6-11-12(15)9(7-16-2)3-4-17-13(8)11/h5-7H,3-4H2,1-2H3/b9-7-. The molecule has 2 rings (SSSR count). The largest absolute Gasteiger partial charge is 0.504 e. The van der Waals surface area contributed by atoms with Crippen molar-refractivity contribution in [3.05, 3.63) is 39.6 Å². The molecule has 0 N–H and O–H groups in total. The van der Waals surface area contributed by atoms with Crippen LogP contribution in [0.25, 0.3) is 0 Å². The van der Waals surface area contributed by atoms with Crippen LogP contribution in [0.5, 0.6) is 5.75 Å². The highest BCUT2D eigenvalue weighted by Crippen LogP contribution is 2.32. The molecule has 1 heterocycles. The molecule has 0 saturated heterocycles. The minimum atomic E-state index is -0.0243. The summed E-state index contributed by atoms with van der Waals surface area (Å²) in [4.78, 5) is 12.3. The lowest BCUT2D eigenvalue weighted by molar-refractivity contribution is 0.102. The van der Waals surface area contributed by atoms with Gasteiger partial charge in [-0.15, -0.1) is 0 Å². The summed E-state index contributed by atoms with van der Waals surface area (Å²) in [6, 6.07) is 3.73. The molecule has 4 heteroatoms. The van der Waals surface area contributed by atoms with Crippen molar-refractivity contribution in [2.45, 2.75) is 13.3 Å². The van der Waals surface area contributed by atoms with Crippen molar-refractivity contribution in [2.24, 2.45) is 0 Å². The van der Waals surface area contributed by atoms with E-state index in [0.717, 1.165) is 10.0 Å². The number of carbonyl (C=O) groups excluding carboxylic acids is 1. The molecule has 90 valence electrons. The van der Waals surface area contributed by atoms with Gasteiger partial charge in [0.25, 0.3) is 0 Å². The van der Waals surface area contributed by atoms with Crippen molar-refractivity contribution in [3.8, 4) is 5.75 Å². The highest BCUT2D eigenvalue weighted by molar-refractivity contribution is 9.10. The molecule has 0 unspecified atom stereocenters. The van der Waals surface area contributed by atoms with Gasteiger partial charge in [0.15, 0.2) is 5.78 Å². The van der Waals surface area contributed by atoms with Crippen LogP contribution in [0.1, 0.15) is 22.3 Å². The summed E-state index contributed by atoms with van der Waals surface area (Å²) in [5.74, 6) is 0.654. The zero-order valence-corrected chi connectivity index (χ0v) is 11.3. The number of halogens is 1. The number of rotatable bonds is 1. The average Bonchev–Trinajstić information content (AvgIpc) is 2.42. The predicted octanol–water partition coefficient (Wildman–Crippen LogP) is 3.25. The van der Waals surface area contributed by atoms with Crippen molar-refractivity contribution >= 4 is 21.7 Å². The van der Waals surface area contributed by atoms with Gasteiger partial charge >= 0.3 is 0 Å². The number of fused-ring (bicyclic) bond motifs is 1. The van der Waals surface area contributed by atoms with E-state index in [-0.39, 0.29) is 5.78 Å². The molecule has 0 fully saturated rings. The minimum absolute atomic E-state index is 0.0243. The maximum Gasteiger partial charge on any atom is 0.195 e. The third kappa shape index (κ3) is 2.36. The van der Waals surface area contributed by atoms with Crippen LogP contribution in [0.15, 0.2) is 28.4 Å². The molecule has 0 aliphatic carbocycles. The summed E-state index contributed by atoms with van der Waals surface area (Å²) in [5.41, 5.74) is 2.20. The molecule has 0 saturated carbocycles. The summed E-state index contributed by atoms with van der Waals surface area (Å²) in [7, 11) is 1.54. The number of ketones is 1. The van der Waals surface area contributed by atoms with Gasteiger partial charge in [0.05, 0.1) is 25.5 Å². The molecule has 0 spiro atoms. The van der Waals surface area contributed by atoms with Crippen LogP contribution in [0.2, 0.25) is 0 Å². The number of benzene rings is 1. The monoisotopic (exact) mass is 296 g/mol. The molecule has 3 nitrogen and oxygen atoms in total. The van der Waals surface area contributed by atoms with Crippen LogP contribution in [-0.2, 0) is 4.74 Å². The lowest BCUT2D eigenvalue weighted by Crippen LogP contribution is -2.03. The first-order chi connectivity index (χ1) is 8.13. The average molecular weight is 297 g/mol. The lowest BCUT2D eigenvalue weighted by atomic mass is 10.0. The van der Waals surface area contributed by atoms with Crippen molar-refractivity contribution in [2.75, 3.05) is 13.7 Å². The minimum Gasteiger partial charge on any atom is -0.504 e. The molecule has 0 bridgehead atoms. The molecule has 0 amide bonds. The van der Waals surface area contributed by atoms with Gasteiger partial charge in [-0.1, -0.05) is 15.9 Å². The van der Waals surface area contributed by atoms with E-state index >= 15 is 0 Å². The van der Waals surface area contributed by atoms with Gasteiger partial charge in [-0.25, -0.2) is 0 Å². The van der Waals surface area contributed by atoms with Gasteiger partial charge < -0.3 is 9.47 Å². The number of ether oxygens (including phenoxy) is 2. The number of carbonyl (C=O) groups is 1. The Morgan fingerprint density at radius 1 is 1.47 bits per heavy atom. The zero-order chi connectivity index (χ0) is 12.4. The van der Waals surface area contributed by atoms with E-state index in [1.807, 2.05) is 13.0 Å². The van der Waals surface area contributed by atoms with Crippen LogP contribution in [0.3, 0.4) is 0 Å². The van der Waals surface area contributed by atoms with Gasteiger partial charge in [-0.2, -0.15) is 0 Å². The summed E-state index contributed by atoms with van der Waals surface area (Å²) in [6.07, 6.45) is 2.06. The topological polar surface area (TPSA) is 35.5 Å². The summed E-state index contributed by atoms with van der Waals surface area (Å²) >= 11 is 3.39. The van der Waals surface area contributed by atoms with E-state index < -0.39 is 0 Å². The highest BCUT2D eigenvalue weighted by Gasteiger charge is 2.23. The number of Topliss-reactive ketones (excluding diaryl/α,β-unsaturated/α-hetero) is 1. The summed E-state index contributed by atoms with van der Waals surface area (Å²) in [5, 5.41) is 0. The van der Waals surface area contributed by atoms with Gasteiger partial charge in [-0.3, -0.25) is 4.79 Å². The Labute approximate surface area is 109 Å². The fourth-order valence-electron chi connectivity index (χ4n) is 1.89. The van der Waals surface area contributed by atoms with Crippen molar-refractivity contribution < 1.29 is 14.3 Å². The second-order valence-electron chi connectivity index (χ2n) is 3.91. The van der Waals surface area contributed by atoms with Gasteiger partial charge in [-0.05, 0) is 24.6 Å². The Kier molecular flexibility index (Phi) is 3.52. The van der Waals surface area contributed by atoms with Crippen molar-refractivity contribution in [1.82, 2.24) is 0 Å². The lowest BCUT2D eigenvalue weighted by Gasteiger charge is -2.09. The first-order valence-corrected chi connectivity index (χ1v) is 6.12. The van der Waals surface area contributed by atoms with Gasteiger partial charge in [0, 0.05) is 16.5 Å². The third-order valence-corrected chi connectivity index (χ3v) is 3.11. The Hall–Kier alpha value is -1.29. The van der Waals surface area contributed by atoms with Crippen LogP contribution >= 0.6 is 15.9 Å². The Morgan fingerprint density at radius 3 is 2.94 bits per heavy atom. The third-order valence-electron chi connectivity index (χ3n) is 2.65. The van der Waals surface area contributed by atoms with Gasteiger partial charge in [0.1, 0.15) is 5.75 Å². The zero-order valence-electron chi connectivity index (χ0n) is 9.75. The second kappa shape index (κ2) is 4.92. The van der Waals surface area contributed by atoms with Crippen LogP contribution in [-0.4, -0.2) is 19.5 Å². The van der Waals surface area contributed by atoms with E-state index in [1.54, 1.807) is 13.2 Å². The van der Waals surface area contributed by atoms with Crippen LogP contribution in [0, 0.1) is 6.92 Å². The fourth-order valence-corrected chi connectivity index (χ4v) is 2.47. The molecule has 17 heavy (non-hydrogen) atoms.